The molecule has 1 aliphatic rings. The molecule has 9 heteroatoms. The molecule has 1 heterocycles. The summed E-state index contributed by atoms with van der Waals surface area (Å²) >= 11 is 6.16. The first-order valence-corrected chi connectivity index (χ1v) is 11.8. The maximum absolute atomic E-state index is 12.9. The molecule has 0 bridgehead atoms. The second kappa shape index (κ2) is 9.28. The Morgan fingerprint density at radius 3 is 2.55 bits per heavy atom. The van der Waals surface area contributed by atoms with Gasteiger partial charge >= 0.3 is 0 Å². The fourth-order valence-corrected chi connectivity index (χ4v) is 5.72. The molecule has 1 amide bonds. The van der Waals surface area contributed by atoms with Gasteiger partial charge in [-0.25, -0.2) is 13.1 Å². The lowest BCUT2D eigenvalue weighted by molar-refractivity contribution is 0.102. The van der Waals surface area contributed by atoms with Crippen molar-refractivity contribution < 1.29 is 13.2 Å². The van der Waals surface area contributed by atoms with E-state index in [1.165, 1.54) is 28.9 Å². The topological polar surface area (TPSA) is 84.3 Å². The highest BCUT2D eigenvalue weighted by molar-refractivity contribution is 7.89. The lowest BCUT2D eigenvalue weighted by Gasteiger charge is -2.24. The zero-order valence-corrected chi connectivity index (χ0v) is 18.3. The van der Waals surface area contributed by atoms with Crippen LogP contribution >= 0.6 is 11.6 Å². The molecule has 1 saturated carbocycles. The molecule has 3 rings (SSSR count). The number of anilines is 1. The van der Waals surface area contributed by atoms with E-state index in [9.17, 15) is 13.2 Å². The average Bonchev–Trinajstić information content (AvgIpc) is 3.17. The van der Waals surface area contributed by atoms with E-state index in [-0.39, 0.29) is 21.5 Å². The van der Waals surface area contributed by atoms with E-state index in [4.69, 9.17) is 11.6 Å². The van der Waals surface area contributed by atoms with Crippen LogP contribution in [0.25, 0.3) is 0 Å². The molecule has 1 N–H and O–H groups in total. The molecule has 1 aliphatic carbocycles. The van der Waals surface area contributed by atoms with Crippen molar-refractivity contribution >= 4 is 33.3 Å². The van der Waals surface area contributed by atoms with Crippen LogP contribution in [0.2, 0.25) is 5.02 Å². The molecule has 0 aliphatic heterocycles. The van der Waals surface area contributed by atoms with E-state index in [1.54, 1.807) is 26.1 Å². The highest BCUT2D eigenvalue weighted by atomic mass is 35.5. The van der Waals surface area contributed by atoms with Crippen LogP contribution in [0.4, 0.5) is 5.82 Å². The van der Waals surface area contributed by atoms with Gasteiger partial charge in [0, 0.05) is 24.7 Å². The van der Waals surface area contributed by atoms with Crippen molar-refractivity contribution in [2.45, 2.75) is 56.9 Å². The number of hydrogen-bond acceptors (Lipinski definition) is 4. The fourth-order valence-electron chi connectivity index (χ4n) is 3.76. The summed E-state index contributed by atoms with van der Waals surface area (Å²) in [6.07, 6.45) is 7.29. The molecule has 2 aromatic rings. The zero-order chi connectivity index (χ0) is 21.0. The van der Waals surface area contributed by atoms with Crippen molar-refractivity contribution in [1.82, 2.24) is 14.1 Å². The third-order valence-electron chi connectivity index (χ3n) is 5.35. The van der Waals surface area contributed by atoms with Crippen LogP contribution in [-0.4, -0.2) is 41.5 Å². The van der Waals surface area contributed by atoms with Gasteiger partial charge in [-0.15, -0.1) is 0 Å². The van der Waals surface area contributed by atoms with Gasteiger partial charge in [-0.2, -0.15) is 9.40 Å². The second-order valence-electron chi connectivity index (χ2n) is 7.14. The van der Waals surface area contributed by atoms with Crippen molar-refractivity contribution in [3.63, 3.8) is 0 Å². The third kappa shape index (κ3) is 4.65. The number of amides is 1. The van der Waals surface area contributed by atoms with Gasteiger partial charge in [-0.05, 0) is 31.0 Å². The normalized spacial score (nSPS) is 15.6. The van der Waals surface area contributed by atoms with Gasteiger partial charge in [0.25, 0.3) is 5.91 Å². The number of rotatable bonds is 7. The van der Waals surface area contributed by atoms with Crippen LogP contribution in [-0.2, 0) is 10.0 Å². The minimum absolute atomic E-state index is 0.0590. The molecule has 1 aromatic heterocycles. The van der Waals surface area contributed by atoms with Crippen LogP contribution in [0.3, 0.4) is 0 Å². The van der Waals surface area contributed by atoms with Crippen molar-refractivity contribution in [3.8, 4) is 0 Å². The molecular formula is C20H27ClN4O3S. The summed E-state index contributed by atoms with van der Waals surface area (Å²) < 4.78 is 28.9. The predicted molar refractivity (Wildman–Crippen MR) is 114 cm³/mol. The van der Waals surface area contributed by atoms with E-state index in [0.29, 0.717) is 18.9 Å². The molecule has 0 radical (unpaired) electrons. The molecule has 29 heavy (non-hydrogen) atoms. The van der Waals surface area contributed by atoms with E-state index < -0.39 is 15.9 Å². The number of sulfonamides is 1. The number of hydrogen-bond donors (Lipinski definition) is 1. The minimum atomic E-state index is -3.77. The zero-order valence-electron chi connectivity index (χ0n) is 16.8. The Bertz CT molecular complexity index is 964. The first-order valence-electron chi connectivity index (χ1n) is 10.0. The first-order chi connectivity index (χ1) is 13.9. The van der Waals surface area contributed by atoms with Crippen LogP contribution in [0.1, 0.15) is 62.4 Å². The molecule has 1 aromatic carbocycles. The van der Waals surface area contributed by atoms with Gasteiger partial charge in [0.05, 0.1) is 17.3 Å². The smallest absolute Gasteiger partial charge is 0.256 e. The van der Waals surface area contributed by atoms with Gasteiger partial charge in [-0.1, -0.05) is 44.7 Å². The largest absolute Gasteiger partial charge is 0.307 e. The molecule has 158 valence electrons. The number of nitrogens with zero attached hydrogens (tertiary/aromatic N) is 3. The molecule has 1 fully saturated rings. The van der Waals surface area contributed by atoms with Gasteiger partial charge in [0.15, 0.2) is 0 Å². The van der Waals surface area contributed by atoms with Crippen LogP contribution < -0.4 is 5.32 Å². The maximum atomic E-state index is 12.9. The second-order valence-corrected chi connectivity index (χ2v) is 9.46. The van der Waals surface area contributed by atoms with E-state index >= 15 is 0 Å². The lowest BCUT2D eigenvalue weighted by Crippen LogP contribution is -2.31. The van der Waals surface area contributed by atoms with Gasteiger partial charge < -0.3 is 5.32 Å². The number of carbonyl (C=O) groups is 1. The Kier molecular flexibility index (Phi) is 6.97. The van der Waals surface area contributed by atoms with E-state index in [0.717, 1.165) is 25.7 Å². The van der Waals surface area contributed by atoms with Gasteiger partial charge in [0.1, 0.15) is 10.7 Å². The fraction of sp³-hybridized carbons (Fsp3) is 0.500. The standard InChI is InChI=1S/C20H27ClN4O3S/c1-3-24(4-2)29(27,28)18-14-15(10-11-17(18)21)20(26)23-19-12-13-22-25(19)16-8-6-5-7-9-16/h10-14,16H,3-9H2,1-2H3,(H,23,26). The third-order valence-corrected chi connectivity index (χ3v) is 7.88. The Morgan fingerprint density at radius 2 is 1.90 bits per heavy atom. The summed E-state index contributed by atoms with van der Waals surface area (Å²) in [6.45, 7) is 4.17. The number of benzene rings is 1. The quantitative estimate of drug-likeness (QED) is 0.697. The van der Waals surface area contributed by atoms with Crippen LogP contribution in [0.5, 0.6) is 0 Å². The molecule has 0 saturated heterocycles. The number of carbonyl (C=O) groups excluding carboxylic acids is 1. The molecular weight excluding hydrogens is 412 g/mol. The van der Waals surface area contributed by atoms with Crippen LogP contribution in [0.15, 0.2) is 35.4 Å². The summed E-state index contributed by atoms with van der Waals surface area (Å²) in [5.74, 6) is 0.222. The van der Waals surface area contributed by atoms with E-state index in [1.807, 2.05) is 4.68 Å². The molecule has 7 nitrogen and oxygen atoms in total. The monoisotopic (exact) mass is 438 g/mol. The summed E-state index contributed by atoms with van der Waals surface area (Å²) in [4.78, 5) is 12.8. The molecule has 0 unspecified atom stereocenters. The Labute approximate surface area is 177 Å². The van der Waals surface area contributed by atoms with Crippen molar-refractivity contribution in [1.29, 1.82) is 0 Å². The Balaban J connectivity index is 1.85. The maximum Gasteiger partial charge on any atom is 0.256 e. The summed E-state index contributed by atoms with van der Waals surface area (Å²) in [5.41, 5.74) is 0.233. The Morgan fingerprint density at radius 1 is 1.21 bits per heavy atom. The highest BCUT2D eigenvalue weighted by Crippen LogP contribution is 2.30. The van der Waals surface area contributed by atoms with Crippen molar-refractivity contribution in [2.75, 3.05) is 18.4 Å². The molecule has 0 spiro atoms. The highest BCUT2D eigenvalue weighted by Gasteiger charge is 2.26. The van der Waals surface area contributed by atoms with Gasteiger partial charge in [-0.3, -0.25) is 4.79 Å². The first kappa shape index (κ1) is 21.8. The summed E-state index contributed by atoms with van der Waals surface area (Å²) in [7, 11) is -3.77. The van der Waals surface area contributed by atoms with Crippen molar-refractivity contribution in [2.24, 2.45) is 0 Å². The summed E-state index contributed by atoms with van der Waals surface area (Å²) in [5, 5.41) is 7.35. The average molecular weight is 439 g/mol. The predicted octanol–water partition coefficient (Wildman–Crippen LogP) is 4.32. The number of aromatic nitrogens is 2. The van der Waals surface area contributed by atoms with E-state index in [2.05, 4.69) is 10.4 Å². The van der Waals surface area contributed by atoms with Gasteiger partial charge in [0.2, 0.25) is 10.0 Å². The van der Waals surface area contributed by atoms with Crippen molar-refractivity contribution in [3.05, 3.63) is 41.0 Å². The summed E-state index contributed by atoms with van der Waals surface area (Å²) in [6, 6.07) is 6.35. The SMILES string of the molecule is CCN(CC)S(=O)(=O)c1cc(C(=O)Nc2ccnn2C2CCCCC2)ccc1Cl. The number of halogens is 1. The lowest BCUT2D eigenvalue weighted by atomic mass is 9.96. The Hall–Kier alpha value is -1.90. The minimum Gasteiger partial charge on any atom is -0.307 e. The van der Waals surface area contributed by atoms with Crippen LogP contribution in [0, 0.1) is 0 Å². The molecule has 0 atom stereocenters. The number of nitrogens with one attached hydrogen (secondary N) is 1.